The van der Waals surface area contributed by atoms with Crippen LogP contribution < -0.4 is 10.5 Å². The molecule has 0 radical (unpaired) electrons. The van der Waals surface area contributed by atoms with E-state index in [0.29, 0.717) is 6.54 Å². The first-order valence-electron chi connectivity index (χ1n) is 6.23. The Morgan fingerprint density at radius 2 is 2.28 bits per heavy atom. The Bertz CT molecular complexity index is 537. The highest BCUT2D eigenvalue weighted by Gasteiger charge is 2.23. The number of nitrogens with zero attached hydrogens (tertiary/aromatic N) is 2. The summed E-state index contributed by atoms with van der Waals surface area (Å²) in [5, 5.41) is 0. The van der Waals surface area contributed by atoms with Gasteiger partial charge in [0.1, 0.15) is 17.7 Å². The monoisotopic (exact) mass is 243 g/mol. The smallest absolute Gasteiger partial charge is 0.123 e. The van der Waals surface area contributed by atoms with E-state index in [-0.39, 0.29) is 6.10 Å². The van der Waals surface area contributed by atoms with Gasteiger partial charge in [-0.3, -0.25) is 0 Å². The number of hydrogen-bond donors (Lipinski definition) is 1. The molecule has 1 aromatic heterocycles. The number of aromatic nitrogens is 2. The van der Waals surface area contributed by atoms with Crippen molar-refractivity contribution in [1.29, 1.82) is 0 Å². The van der Waals surface area contributed by atoms with Gasteiger partial charge in [-0.2, -0.15) is 0 Å². The van der Waals surface area contributed by atoms with Crippen LogP contribution in [0.1, 0.15) is 17.1 Å². The summed E-state index contributed by atoms with van der Waals surface area (Å²) >= 11 is 0. The largest absolute Gasteiger partial charge is 0.488 e. The fourth-order valence-electron chi connectivity index (χ4n) is 2.49. The molecule has 2 aromatic rings. The molecule has 3 rings (SSSR count). The highest BCUT2D eigenvalue weighted by molar-refractivity contribution is 5.37. The molecule has 1 aliphatic heterocycles. The van der Waals surface area contributed by atoms with Crippen molar-refractivity contribution >= 4 is 0 Å². The Balaban J connectivity index is 1.78. The second-order valence-corrected chi connectivity index (χ2v) is 4.66. The molecular weight excluding hydrogens is 226 g/mol. The average molecular weight is 243 g/mol. The third-order valence-corrected chi connectivity index (χ3v) is 3.45. The van der Waals surface area contributed by atoms with Crippen LogP contribution in [-0.2, 0) is 19.5 Å². The third kappa shape index (κ3) is 1.88. The van der Waals surface area contributed by atoms with Crippen LogP contribution in [-0.4, -0.2) is 15.7 Å². The summed E-state index contributed by atoms with van der Waals surface area (Å²) in [4.78, 5) is 4.31. The number of nitrogens with two attached hydrogens (primary N) is 1. The first-order chi connectivity index (χ1) is 8.78. The minimum absolute atomic E-state index is 0.181. The van der Waals surface area contributed by atoms with Crippen molar-refractivity contribution in [3.8, 4) is 5.75 Å². The summed E-state index contributed by atoms with van der Waals surface area (Å²) in [6.45, 7) is 3.33. The lowest BCUT2D eigenvalue weighted by Gasteiger charge is -2.15. The molecule has 0 spiro atoms. The van der Waals surface area contributed by atoms with Crippen molar-refractivity contribution in [2.45, 2.75) is 32.5 Å². The van der Waals surface area contributed by atoms with Crippen LogP contribution in [0.5, 0.6) is 5.75 Å². The van der Waals surface area contributed by atoms with Gasteiger partial charge >= 0.3 is 0 Å². The summed E-state index contributed by atoms with van der Waals surface area (Å²) in [5.41, 5.74) is 8.07. The van der Waals surface area contributed by atoms with E-state index in [1.165, 1.54) is 5.56 Å². The molecule has 4 heteroatoms. The summed E-state index contributed by atoms with van der Waals surface area (Å²) in [6, 6.07) is 8.22. The average Bonchev–Trinajstić information content (AvgIpc) is 2.94. The van der Waals surface area contributed by atoms with Crippen LogP contribution >= 0.6 is 0 Å². The second-order valence-electron chi connectivity index (χ2n) is 4.66. The van der Waals surface area contributed by atoms with E-state index in [0.717, 1.165) is 30.2 Å². The fourth-order valence-corrected chi connectivity index (χ4v) is 2.49. The van der Waals surface area contributed by atoms with Gasteiger partial charge in [0.05, 0.1) is 12.2 Å². The molecule has 0 amide bonds. The molecular formula is C14H17N3O. The van der Waals surface area contributed by atoms with Gasteiger partial charge in [-0.1, -0.05) is 18.2 Å². The Morgan fingerprint density at radius 1 is 1.44 bits per heavy atom. The molecule has 4 nitrogen and oxygen atoms in total. The van der Waals surface area contributed by atoms with Crippen molar-refractivity contribution < 1.29 is 4.74 Å². The third-order valence-electron chi connectivity index (χ3n) is 3.45. The molecule has 1 unspecified atom stereocenters. The molecule has 0 aliphatic carbocycles. The summed E-state index contributed by atoms with van der Waals surface area (Å²) in [6.07, 6.45) is 2.98. The van der Waals surface area contributed by atoms with Crippen LogP contribution in [0.25, 0.3) is 0 Å². The molecule has 0 bridgehead atoms. The van der Waals surface area contributed by atoms with E-state index in [1.807, 2.05) is 25.3 Å². The summed E-state index contributed by atoms with van der Waals surface area (Å²) < 4.78 is 8.09. The summed E-state index contributed by atoms with van der Waals surface area (Å²) in [5.74, 6) is 2.00. The normalized spacial score (nSPS) is 17.6. The Kier molecular flexibility index (Phi) is 2.80. The van der Waals surface area contributed by atoms with Gasteiger partial charge < -0.3 is 15.0 Å². The van der Waals surface area contributed by atoms with Crippen molar-refractivity contribution in [3.63, 3.8) is 0 Å². The molecule has 1 aliphatic rings. The number of ether oxygens (including phenoxy) is 1. The zero-order valence-corrected chi connectivity index (χ0v) is 10.5. The van der Waals surface area contributed by atoms with E-state index in [4.69, 9.17) is 10.5 Å². The van der Waals surface area contributed by atoms with Crippen molar-refractivity contribution in [3.05, 3.63) is 47.5 Å². The van der Waals surface area contributed by atoms with E-state index in [1.54, 1.807) is 0 Å². The standard InChI is InChI=1S/C14H17N3O/c1-10-16-8-12(7-15)17(10)9-13-6-11-4-2-3-5-14(11)18-13/h2-5,8,13H,6-7,9,15H2,1H3. The fraction of sp³-hybridized carbons (Fsp3) is 0.357. The lowest BCUT2D eigenvalue weighted by atomic mass is 10.1. The molecule has 0 saturated heterocycles. The SMILES string of the molecule is Cc1ncc(CN)n1CC1Cc2ccccc2O1. The van der Waals surface area contributed by atoms with Crippen LogP contribution in [0.4, 0.5) is 0 Å². The van der Waals surface area contributed by atoms with Gasteiger partial charge in [0.25, 0.3) is 0 Å². The number of aryl methyl sites for hydroxylation is 1. The van der Waals surface area contributed by atoms with E-state index in [2.05, 4.69) is 21.7 Å². The first kappa shape index (κ1) is 11.3. The zero-order chi connectivity index (χ0) is 12.5. The zero-order valence-electron chi connectivity index (χ0n) is 10.5. The van der Waals surface area contributed by atoms with E-state index in [9.17, 15) is 0 Å². The quantitative estimate of drug-likeness (QED) is 0.892. The van der Waals surface area contributed by atoms with Gasteiger partial charge in [-0.05, 0) is 18.6 Å². The molecule has 1 atom stereocenters. The molecule has 2 N–H and O–H groups in total. The number of imidazole rings is 1. The number of para-hydroxylation sites is 1. The predicted octanol–water partition coefficient (Wildman–Crippen LogP) is 1.65. The number of fused-ring (bicyclic) bond motifs is 1. The highest BCUT2D eigenvalue weighted by atomic mass is 16.5. The van der Waals surface area contributed by atoms with Gasteiger partial charge in [0, 0.05) is 19.2 Å². The maximum Gasteiger partial charge on any atom is 0.123 e. The highest BCUT2D eigenvalue weighted by Crippen LogP contribution is 2.29. The van der Waals surface area contributed by atoms with Crippen molar-refractivity contribution in [2.24, 2.45) is 5.73 Å². The summed E-state index contributed by atoms with van der Waals surface area (Å²) in [7, 11) is 0. The Labute approximate surface area is 106 Å². The maximum atomic E-state index is 5.95. The molecule has 94 valence electrons. The topological polar surface area (TPSA) is 53.1 Å². The van der Waals surface area contributed by atoms with Crippen LogP contribution in [0.15, 0.2) is 30.5 Å². The minimum Gasteiger partial charge on any atom is -0.488 e. The molecule has 18 heavy (non-hydrogen) atoms. The van der Waals surface area contributed by atoms with Gasteiger partial charge in [-0.25, -0.2) is 4.98 Å². The van der Waals surface area contributed by atoms with Crippen molar-refractivity contribution in [2.75, 3.05) is 0 Å². The maximum absolute atomic E-state index is 5.95. The van der Waals surface area contributed by atoms with Gasteiger partial charge in [-0.15, -0.1) is 0 Å². The van der Waals surface area contributed by atoms with Crippen LogP contribution in [0, 0.1) is 6.92 Å². The Morgan fingerprint density at radius 3 is 3.06 bits per heavy atom. The van der Waals surface area contributed by atoms with E-state index >= 15 is 0 Å². The van der Waals surface area contributed by atoms with Crippen LogP contribution in [0.2, 0.25) is 0 Å². The number of rotatable bonds is 3. The molecule has 2 heterocycles. The number of hydrogen-bond acceptors (Lipinski definition) is 3. The lowest BCUT2D eigenvalue weighted by molar-refractivity contribution is 0.207. The molecule has 0 saturated carbocycles. The second kappa shape index (κ2) is 4.46. The Hall–Kier alpha value is -1.81. The minimum atomic E-state index is 0.181. The number of benzene rings is 1. The van der Waals surface area contributed by atoms with Crippen molar-refractivity contribution in [1.82, 2.24) is 9.55 Å². The predicted molar refractivity (Wildman–Crippen MR) is 69.4 cm³/mol. The lowest BCUT2D eigenvalue weighted by Crippen LogP contribution is -2.23. The molecule has 0 fully saturated rings. The van der Waals surface area contributed by atoms with Crippen LogP contribution in [0.3, 0.4) is 0 Å². The first-order valence-corrected chi connectivity index (χ1v) is 6.23. The van der Waals surface area contributed by atoms with Gasteiger partial charge in [0.15, 0.2) is 0 Å². The van der Waals surface area contributed by atoms with E-state index < -0.39 is 0 Å². The molecule has 1 aromatic carbocycles. The van der Waals surface area contributed by atoms with Gasteiger partial charge in [0.2, 0.25) is 0 Å².